The van der Waals surface area contributed by atoms with Crippen molar-refractivity contribution in [1.82, 2.24) is 19.9 Å². The van der Waals surface area contributed by atoms with Crippen molar-refractivity contribution in [3.05, 3.63) is 35.2 Å². The van der Waals surface area contributed by atoms with Crippen LogP contribution >= 0.6 is 11.6 Å². The molecule has 142 valence electrons. The minimum absolute atomic E-state index is 0.586. The van der Waals surface area contributed by atoms with E-state index in [0.29, 0.717) is 29.2 Å². The second kappa shape index (κ2) is 9.46. The number of halogens is 1. The van der Waals surface area contributed by atoms with Crippen LogP contribution in [0.4, 0.5) is 0 Å². The maximum atomic E-state index is 6.03. The van der Waals surface area contributed by atoms with Crippen LogP contribution in [0.2, 0.25) is 5.02 Å². The Morgan fingerprint density at radius 1 is 1.35 bits per heavy atom. The average Bonchev–Trinajstić information content (AvgIpc) is 3.09. The summed E-state index contributed by atoms with van der Waals surface area (Å²) < 4.78 is 10.6. The highest BCUT2D eigenvalue weighted by molar-refractivity contribution is 6.30. The summed E-state index contributed by atoms with van der Waals surface area (Å²) >= 11 is 6.03. The molecule has 0 atom stereocenters. The summed E-state index contributed by atoms with van der Waals surface area (Å²) in [5.74, 6) is 1.94. The van der Waals surface area contributed by atoms with Crippen molar-refractivity contribution in [3.63, 3.8) is 0 Å². The standard InChI is InChI=1S/C19H27ClN4O2/c1-23(13-15-6-8-24(9-7-15)10-11-25-2)14-18-21-19(22-26-18)16-4-3-5-17(20)12-16/h3-5,12,15H,6-11,13-14H2,1-2H3. The Kier molecular flexibility index (Phi) is 7.02. The molecule has 1 fully saturated rings. The van der Waals surface area contributed by atoms with Gasteiger partial charge in [-0.3, -0.25) is 4.90 Å². The third-order valence-electron chi connectivity index (χ3n) is 4.84. The van der Waals surface area contributed by atoms with Crippen molar-refractivity contribution < 1.29 is 9.26 Å². The molecule has 7 heteroatoms. The van der Waals surface area contributed by atoms with Gasteiger partial charge >= 0.3 is 0 Å². The quantitative estimate of drug-likeness (QED) is 0.703. The van der Waals surface area contributed by atoms with Crippen molar-refractivity contribution in [2.24, 2.45) is 5.92 Å². The van der Waals surface area contributed by atoms with Crippen LogP contribution in [0.5, 0.6) is 0 Å². The smallest absolute Gasteiger partial charge is 0.241 e. The fourth-order valence-corrected chi connectivity index (χ4v) is 3.60. The molecule has 1 saturated heterocycles. The first kappa shape index (κ1) is 19.3. The Bertz CT molecular complexity index is 686. The minimum Gasteiger partial charge on any atom is -0.383 e. The predicted molar refractivity (Wildman–Crippen MR) is 102 cm³/mol. The fraction of sp³-hybridized carbons (Fsp3) is 0.579. The van der Waals surface area contributed by atoms with E-state index in [-0.39, 0.29) is 0 Å². The Balaban J connectivity index is 1.46. The largest absolute Gasteiger partial charge is 0.383 e. The number of hydrogen-bond donors (Lipinski definition) is 0. The van der Waals surface area contributed by atoms with Crippen LogP contribution in [-0.4, -0.2) is 66.9 Å². The van der Waals surface area contributed by atoms with Gasteiger partial charge in [0.25, 0.3) is 0 Å². The predicted octanol–water partition coefficient (Wildman–Crippen LogP) is 3.18. The minimum atomic E-state index is 0.586. The number of likely N-dealkylation sites (tertiary alicyclic amines) is 1. The summed E-state index contributed by atoms with van der Waals surface area (Å²) in [6.07, 6.45) is 2.46. The molecule has 1 aliphatic heterocycles. The number of rotatable bonds is 8. The molecular weight excluding hydrogens is 352 g/mol. The Morgan fingerprint density at radius 2 is 2.15 bits per heavy atom. The van der Waals surface area contributed by atoms with Gasteiger partial charge in [-0.2, -0.15) is 4.98 Å². The highest BCUT2D eigenvalue weighted by Gasteiger charge is 2.21. The number of aromatic nitrogens is 2. The first-order chi connectivity index (χ1) is 12.6. The van der Waals surface area contributed by atoms with Gasteiger partial charge in [0.1, 0.15) is 0 Å². The van der Waals surface area contributed by atoms with Gasteiger partial charge in [0.2, 0.25) is 11.7 Å². The summed E-state index contributed by atoms with van der Waals surface area (Å²) in [5.41, 5.74) is 0.874. The van der Waals surface area contributed by atoms with E-state index in [1.54, 1.807) is 7.11 Å². The maximum absolute atomic E-state index is 6.03. The molecule has 0 aliphatic carbocycles. The van der Waals surface area contributed by atoms with Gasteiger partial charge in [0, 0.05) is 30.8 Å². The molecule has 26 heavy (non-hydrogen) atoms. The van der Waals surface area contributed by atoms with Gasteiger partial charge in [0.15, 0.2) is 0 Å². The zero-order valence-corrected chi connectivity index (χ0v) is 16.3. The Hall–Kier alpha value is -1.47. The van der Waals surface area contributed by atoms with Crippen LogP contribution in [0.15, 0.2) is 28.8 Å². The molecule has 2 heterocycles. The highest BCUT2D eigenvalue weighted by atomic mass is 35.5. The first-order valence-electron chi connectivity index (χ1n) is 9.12. The molecule has 6 nitrogen and oxygen atoms in total. The van der Waals surface area contributed by atoms with E-state index in [0.717, 1.165) is 38.3 Å². The van der Waals surface area contributed by atoms with E-state index in [4.69, 9.17) is 20.9 Å². The van der Waals surface area contributed by atoms with Crippen molar-refractivity contribution in [2.45, 2.75) is 19.4 Å². The molecule has 0 amide bonds. The molecule has 2 aromatic rings. The van der Waals surface area contributed by atoms with Crippen LogP contribution in [0.25, 0.3) is 11.4 Å². The van der Waals surface area contributed by atoms with Crippen LogP contribution in [-0.2, 0) is 11.3 Å². The van der Waals surface area contributed by atoms with Crippen LogP contribution < -0.4 is 0 Å². The maximum Gasteiger partial charge on any atom is 0.241 e. The lowest BCUT2D eigenvalue weighted by atomic mass is 9.96. The molecular formula is C19H27ClN4O2. The fourth-order valence-electron chi connectivity index (χ4n) is 3.41. The lowest BCUT2D eigenvalue weighted by Gasteiger charge is -2.33. The van der Waals surface area contributed by atoms with Gasteiger partial charge in [0.05, 0.1) is 13.2 Å². The Morgan fingerprint density at radius 3 is 2.88 bits per heavy atom. The molecule has 0 N–H and O–H groups in total. The average molecular weight is 379 g/mol. The van der Waals surface area contributed by atoms with Gasteiger partial charge in [-0.15, -0.1) is 0 Å². The summed E-state index contributed by atoms with van der Waals surface area (Å²) in [6.45, 7) is 5.87. The van der Waals surface area contributed by atoms with Gasteiger partial charge in [-0.25, -0.2) is 0 Å². The van der Waals surface area contributed by atoms with E-state index < -0.39 is 0 Å². The van der Waals surface area contributed by atoms with Crippen LogP contribution in [0.3, 0.4) is 0 Å². The molecule has 0 saturated carbocycles. The van der Waals surface area contributed by atoms with Gasteiger partial charge in [-0.1, -0.05) is 28.9 Å². The second-order valence-corrected chi connectivity index (χ2v) is 7.43. The second-order valence-electron chi connectivity index (χ2n) is 7.00. The van der Waals surface area contributed by atoms with Crippen LogP contribution in [0, 0.1) is 5.92 Å². The zero-order valence-electron chi connectivity index (χ0n) is 15.5. The first-order valence-corrected chi connectivity index (χ1v) is 9.50. The third kappa shape index (κ3) is 5.51. The molecule has 1 aromatic carbocycles. The zero-order chi connectivity index (χ0) is 18.4. The number of ether oxygens (including phenoxy) is 1. The molecule has 0 spiro atoms. The van der Waals surface area contributed by atoms with E-state index in [1.165, 1.54) is 12.8 Å². The topological polar surface area (TPSA) is 54.6 Å². The molecule has 3 rings (SSSR count). The highest BCUT2D eigenvalue weighted by Crippen LogP contribution is 2.21. The monoisotopic (exact) mass is 378 g/mol. The van der Waals surface area contributed by atoms with Crippen molar-refractivity contribution >= 4 is 11.6 Å². The molecule has 1 aliphatic rings. The molecule has 0 radical (unpaired) electrons. The normalized spacial score (nSPS) is 16.5. The van der Waals surface area contributed by atoms with E-state index >= 15 is 0 Å². The third-order valence-corrected chi connectivity index (χ3v) is 5.08. The number of methoxy groups -OCH3 is 1. The van der Waals surface area contributed by atoms with Gasteiger partial charge in [-0.05, 0) is 51.0 Å². The number of hydrogen-bond acceptors (Lipinski definition) is 6. The lowest BCUT2D eigenvalue weighted by molar-refractivity contribution is 0.108. The number of benzene rings is 1. The van der Waals surface area contributed by atoms with Gasteiger partial charge < -0.3 is 14.2 Å². The lowest BCUT2D eigenvalue weighted by Crippen LogP contribution is -2.39. The molecule has 1 aromatic heterocycles. The van der Waals surface area contributed by atoms with E-state index in [1.807, 2.05) is 24.3 Å². The summed E-state index contributed by atoms with van der Waals surface area (Å²) in [4.78, 5) is 9.25. The van der Waals surface area contributed by atoms with Crippen molar-refractivity contribution in [1.29, 1.82) is 0 Å². The molecule has 0 unspecified atom stereocenters. The number of nitrogens with zero attached hydrogens (tertiary/aromatic N) is 4. The Labute approximate surface area is 160 Å². The van der Waals surface area contributed by atoms with Crippen molar-refractivity contribution in [2.75, 3.05) is 46.9 Å². The van der Waals surface area contributed by atoms with Crippen LogP contribution in [0.1, 0.15) is 18.7 Å². The SMILES string of the molecule is COCCN1CCC(CN(C)Cc2nc(-c3cccc(Cl)c3)no2)CC1. The molecule has 0 bridgehead atoms. The summed E-state index contributed by atoms with van der Waals surface area (Å²) in [7, 11) is 3.87. The van der Waals surface area contributed by atoms with Crippen molar-refractivity contribution in [3.8, 4) is 11.4 Å². The van der Waals surface area contributed by atoms with E-state index in [9.17, 15) is 0 Å². The number of piperidine rings is 1. The summed E-state index contributed by atoms with van der Waals surface area (Å²) in [5, 5.41) is 4.75. The summed E-state index contributed by atoms with van der Waals surface area (Å²) in [6, 6.07) is 7.50. The van der Waals surface area contributed by atoms with E-state index in [2.05, 4.69) is 27.0 Å².